The summed E-state index contributed by atoms with van der Waals surface area (Å²) in [5, 5.41) is 20.1. The van der Waals surface area contributed by atoms with E-state index in [1.165, 1.54) is 14.0 Å². The molecule has 0 bridgehead atoms. The van der Waals surface area contributed by atoms with Gasteiger partial charge in [0.05, 0.1) is 25.7 Å². The summed E-state index contributed by atoms with van der Waals surface area (Å²) in [6, 6.07) is 4.10. The molecular formula is C22H30O6. The minimum Gasteiger partial charge on any atom is -0.469 e. The fourth-order valence-electron chi connectivity index (χ4n) is 3.74. The Balaban J connectivity index is 2.23. The highest BCUT2D eigenvalue weighted by Gasteiger charge is 2.29. The molecule has 6 nitrogen and oxygen atoms in total. The second-order valence-corrected chi connectivity index (χ2v) is 7.61. The van der Waals surface area contributed by atoms with Crippen LogP contribution in [0.25, 0.3) is 6.08 Å². The third kappa shape index (κ3) is 5.91. The minimum atomic E-state index is -0.979. The summed E-state index contributed by atoms with van der Waals surface area (Å²) in [7, 11) is 1.26. The molecule has 6 heteroatoms. The summed E-state index contributed by atoms with van der Waals surface area (Å²) in [4.78, 5) is 22.8. The molecule has 0 spiro atoms. The van der Waals surface area contributed by atoms with Gasteiger partial charge in [-0.3, -0.25) is 9.59 Å². The molecule has 0 unspecified atom stereocenters. The number of carbonyl (C=O) groups is 2. The maximum Gasteiger partial charge on any atom is 0.308 e. The smallest absolute Gasteiger partial charge is 0.308 e. The third-order valence-electron chi connectivity index (χ3n) is 5.04. The number of carbonyl (C=O) groups excluding carboxylic acids is 2. The topological polar surface area (TPSA) is 93.1 Å². The zero-order valence-electron chi connectivity index (χ0n) is 17.0. The minimum absolute atomic E-state index is 0.0318. The van der Waals surface area contributed by atoms with Crippen LogP contribution in [0.3, 0.4) is 0 Å². The van der Waals surface area contributed by atoms with E-state index in [9.17, 15) is 19.8 Å². The van der Waals surface area contributed by atoms with E-state index in [0.29, 0.717) is 5.92 Å². The molecule has 4 atom stereocenters. The Morgan fingerprint density at radius 1 is 1.32 bits per heavy atom. The van der Waals surface area contributed by atoms with Crippen molar-refractivity contribution >= 4 is 18.0 Å². The van der Waals surface area contributed by atoms with Gasteiger partial charge in [0, 0.05) is 18.9 Å². The van der Waals surface area contributed by atoms with E-state index in [0.717, 1.165) is 35.1 Å². The van der Waals surface area contributed by atoms with Crippen LogP contribution < -0.4 is 0 Å². The summed E-state index contributed by atoms with van der Waals surface area (Å²) >= 11 is 0. The SMILES string of the molecule is COC(=O)C[C@H](O)C[C@H](O)/C=C/c1c(C)ccc2c1[C@@H](OC(C)=O)C[C@@H](C)C2. The fourth-order valence-corrected chi connectivity index (χ4v) is 3.74. The van der Waals surface area contributed by atoms with Crippen molar-refractivity contribution in [2.75, 3.05) is 7.11 Å². The molecule has 28 heavy (non-hydrogen) atoms. The van der Waals surface area contributed by atoms with Gasteiger partial charge in [-0.1, -0.05) is 31.2 Å². The number of ether oxygens (including phenoxy) is 2. The molecule has 0 aromatic heterocycles. The number of aryl methyl sites for hydroxylation is 1. The normalized spacial score (nSPS) is 21.1. The van der Waals surface area contributed by atoms with Crippen LogP contribution in [0.1, 0.15) is 61.5 Å². The van der Waals surface area contributed by atoms with Crippen LogP contribution in [0.2, 0.25) is 0 Å². The van der Waals surface area contributed by atoms with Gasteiger partial charge in [-0.05, 0) is 42.4 Å². The van der Waals surface area contributed by atoms with Gasteiger partial charge in [0.25, 0.3) is 0 Å². The van der Waals surface area contributed by atoms with Crippen molar-refractivity contribution in [3.8, 4) is 0 Å². The fraction of sp³-hybridized carbons (Fsp3) is 0.545. The number of hydrogen-bond acceptors (Lipinski definition) is 6. The van der Waals surface area contributed by atoms with E-state index in [2.05, 4.69) is 17.7 Å². The highest BCUT2D eigenvalue weighted by molar-refractivity contribution is 5.69. The molecule has 0 saturated heterocycles. The predicted octanol–water partition coefficient (Wildman–Crippen LogP) is 2.87. The molecule has 0 amide bonds. The Kier molecular flexibility index (Phi) is 7.78. The summed E-state index contributed by atoms with van der Waals surface area (Å²) in [5.41, 5.74) is 4.09. The van der Waals surface area contributed by atoms with E-state index in [1.807, 2.05) is 19.1 Å². The van der Waals surface area contributed by atoms with Gasteiger partial charge in [-0.2, -0.15) is 0 Å². The van der Waals surface area contributed by atoms with Crippen molar-refractivity contribution < 1.29 is 29.3 Å². The lowest BCUT2D eigenvalue weighted by atomic mass is 9.79. The van der Waals surface area contributed by atoms with Crippen LogP contribution in [-0.2, 0) is 25.5 Å². The molecule has 1 aliphatic carbocycles. The number of rotatable bonds is 7. The number of fused-ring (bicyclic) bond motifs is 1. The number of benzene rings is 1. The molecule has 2 N–H and O–H groups in total. The van der Waals surface area contributed by atoms with Gasteiger partial charge in [0.1, 0.15) is 6.10 Å². The van der Waals surface area contributed by atoms with Gasteiger partial charge in [0.15, 0.2) is 0 Å². The summed E-state index contributed by atoms with van der Waals surface area (Å²) in [5.74, 6) is -0.419. The van der Waals surface area contributed by atoms with Crippen LogP contribution >= 0.6 is 0 Å². The van der Waals surface area contributed by atoms with Crippen LogP contribution in [0.15, 0.2) is 18.2 Å². The zero-order chi connectivity index (χ0) is 20.8. The Morgan fingerprint density at radius 3 is 2.68 bits per heavy atom. The first-order valence-corrected chi connectivity index (χ1v) is 9.62. The second-order valence-electron chi connectivity index (χ2n) is 7.61. The highest BCUT2D eigenvalue weighted by atomic mass is 16.5. The van der Waals surface area contributed by atoms with Crippen molar-refractivity contribution in [2.45, 2.75) is 64.8 Å². The summed E-state index contributed by atoms with van der Waals surface area (Å²) in [6.45, 7) is 5.53. The first-order chi connectivity index (χ1) is 13.2. The average molecular weight is 390 g/mol. The standard InChI is InChI=1S/C22H30O6/c1-13-9-16-6-5-14(2)19(22(16)20(10-13)28-15(3)23)8-7-17(24)11-18(25)12-21(26)27-4/h5-8,13,17-18,20,24-25H,9-12H2,1-4H3/b8-7+/t13-,17+,18+,20-/m0/s1. The van der Waals surface area contributed by atoms with Crippen LogP contribution in [-0.4, -0.2) is 41.5 Å². The maximum atomic E-state index is 11.6. The molecule has 0 saturated carbocycles. The van der Waals surface area contributed by atoms with E-state index in [4.69, 9.17) is 4.74 Å². The quantitative estimate of drug-likeness (QED) is 0.696. The molecule has 0 fully saturated rings. The number of aliphatic hydroxyl groups is 2. The van der Waals surface area contributed by atoms with Crippen molar-refractivity contribution in [3.63, 3.8) is 0 Å². The monoisotopic (exact) mass is 390 g/mol. The van der Waals surface area contributed by atoms with Gasteiger partial charge in [0.2, 0.25) is 0 Å². The molecule has 154 valence electrons. The number of esters is 2. The summed E-state index contributed by atoms with van der Waals surface area (Å²) in [6.07, 6.45) is 2.76. The van der Waals surface area contributed by atoms with E-state index >= 15 is 0 Å². The van der Waals surface area contributed by atoms with Crippen molar-refractivity contribution in [2.24, 2.45) is 5.92 Å². The maximum absolute atomic E-state index is 11.6. The van der Waals surface area contributed by atoms with Gasteiger partial charge in [-0.25, -0.2) is 0 Å². The average Bonchev–Trinajstić information content (AvgIpc) is 2.60. The van der Waals surface area contributed by atoms with Crippen LogP contribution in [0.4, 0.5) is 0 Å². The van der Waals surface area contributed by atoms with Crippen LogP contribution in [0.5, 0.6) is 0 Å². The van der Waals surface area contributed by atoms with Gasteiger partial charge in [-0.15, -0.1) is 0 Å². The first kappa shape index (κ1) is 22.1. The molecule has 1 aromatic rings. The molecule has 1 aliphatic rings. The van der Waals surface area contributed by atoms with Crippen molar-refractivity contribution in [1.29, 1.82) is 0 Å². The molecule has 0 radical (unpaired) electrons. The van der Waals surface area contributed by atoms with E-state index in [1.54, 1.807) is 6.08 Å². The Bertz CT molecular complexity index is 739. The number of hydrogen-bond donors (Lipinski definition) is 2. The van der Waals surface area contributed by atoms with Crippen LogP contribution in [0, 0.1) is 12.8 Å². The lowest BCUT2D eigenvalue weighted by Crippen LogP contribution is -2.22. The third-order valence-corrected chi connectivity index (χ3v) is 5.04. The Morgan fingerprint density at radius 2 is 2.04 bits per heavy atom. The van der Waals surface area contributed by atoms with E-state index in [-0.39, 0.29) is 24.9 Å². The molecule has 2 rings (SSSR count). The van der Waals surface area contributed by atoms with Gasteiger partial charge >= 0.3 is 11.9 Å². The van der Waals surface area contributed by atoms with Crippen molar-refractivity contribution in [3.05, 3.63) is 40.5 Å². The molecule has 1 aromatic carbocycles. The van der Waals surface area contributed by atoms with E-state index < -0.39 is 18.2 Å². The summed E-state index contributed by atoms with van der Waals surface area (Å²) < 4.78 is 10.1. The molecule has 0 heterocycles. The predicted molar refractivity (Wildman–Crippen MR) is 105 cm³/mol. The largest absolute Gasteiger partial charge is 0.469 e. The zero-order valence-corrected chi connectivity index (χ0v) is 17.0. The Labute approximate surface area is 166 Å². The molecular weight excluding hydrogens is 360 g/mol. The number of methoxy groups -OCH3 is 1. The number of aliphatic hydroxyl groups excluding tert-OH is 2. The lowest BCUT2D eigenvalue weighted by molar-refractivity contribution is -0.148. The molecule has 0 aliphatic heterocycles. The lowest BCUT2D eigenvalue weighted by Gasteiger charge is -2.31. The first-order valence-electron chi connectivity index (χ1n) is 9.62. The highest BCUT2D eigenvalue weighted by Crippen LogP contribution is 2.39. The Hall–Kier alpha value is -2.18. The van der Waals surface area contributed by atoms with Gasteiger partial charge < -0.3 is 19.7 Å². The van der Waals surface area contributed by atoms with Crippen molar-refractivity contribution in [1.82, 2.24) is 0 Å². The second kappa shape index (κ2) is 9.85.